The van der Waals surface area contributed by atoms with Gasteiger partial charge in [-0.2, -0.15) is 5.10 Å². The van der Waals surface area contributed by atoms with E-state index in [1.165, 1.54) is 19.2 Å². The number of fused-ring (bicyclic) bond motifs is 1. The molecule has 1 aromatic rings. The summed E-state index contributed by atoms with van der Waals surface area (Å²) in [6.07, 6.45) is 3.71. The lowest BCUT2D eigenvalue weighted by Gasteiger charge is -2.27. The van der Waals surface area contributed by atoms with E-state index in [-0.39, 0.29) is 21.9 Å². The molecule has 0 aromatic heterocycles. The molecule has 1 aliphatic heterocycles. The monoisotopic (exact) mass is 335 g/mol. The molecule has 3 rings (SSSR count). The minimum atomic E-state index is -3.88. The molecule has 1 saturated carbocycles. The van der Waals surface area contributed by atoms with Crippen molar-refractivity contribution in [2.45, 2.75) is 30.6 Å². The maximum absolute atomic E-state index is 12.5. The predicted molar refractivity (Wildman–Crippen MR) is 85.0 cm³/mol. The predicted octanol–water partition coefficient (Wildman–Crippen LogP) is 1.59. The number of aliphatic hydroxyl groups is 1. The highest BCUT2D eigenvalue weighted by Crippen LogP contribution is 2.34. The third-order valence-electron chi connectivity index (χ3n) is 4.03. The fourth-order valence-corrected chi connectivity index (χ4v) is 4.16. The van der Waals surface area contributed by atoms with Gasteiger partial charge in [0.25, 0.3) is 15.9 Å². The Hall–Kier alpha value is -2.35. The number of benzene rings is 1. The van der Waals surface area contributed by atoms with E-state index in [0.29, 0.717) is 0 Å². The fourth-order valence-electron chi connectivity index (χ4n) is 2.76. The zero-order valence-corrected chi connectivity index (χ0v) is 13.4. The normalized spacial score (nSPS) is 19.5. The summed E-state index contributed by atoms with van der Waals surface area (Å²) >= 11 is 0. The van der Waals surface area contributed by atoms with E-state index >= 15 is 0 Å². The zero-order chi connectivity index (χ0) is 16.6. The van der Waals surface area contributed by atoms with Crippen LogP contribution in [0.1, 0.15) is 31.2 Å². The van der Waals surface area contributed by atoms with Crippen molar-refractivity contribution in [1.29, 1.82) is 0 Å². The van der Waals surface area contributed by atoms with Crippen LogP contribution in [0.5, 0.6) is 0 Å². The molecule has 0 radical (unpaired) electrons. The number of hydrogen-bond donors (Lipinski definition) is 2. The average Bonchev–Trinajstić information content (AvgIpc) is 3.05. The smallest absolute Gasteiger partial charge is 0.292 e. The number of hydrazone groups is 1. The van der Waals surface area contributed by atoms with E-state index in [4.69, 9.17) is 0 Å². The molecule has 1 amide bonds. The van der Waals surface area contributed by atoms with E-state index in [9.17, 15) is 18.3 Å². The lowest BCUT2D eigenvalue weighted by Crippen LogP contribution is -2.38. The minimum absolute atomic E-state index is 0.0290. The number of hydrogen-bond acceptors (Lipinski definition) is 5. The molecule has 2 aliphatic rings. The molecule has 23 heavy (non-hydrogen) atoms. The van der Waals surface area contributed by atoms with Crippen LogP contribution in [0.2, 0.25) is 0 Å². The number of nitrogens with zero attached hydrogens (tertiary/aromatic N) is 2. The minimum Gasteiger partial charge on any atom is -0.505 e. The quantitative estimate of drug-likeness (QED) is 0.802. The molecule has 0 atom stereocenters. The topological polar surface area (TPSA) is 99.1 Å². The van der Waals surface area contributed by atoms with Gasteiger partial charge in [-0.15, -0.1) is 0 Å². The van der Waals surface area contributed by atoms with Crippen LogP contribution in [-0.4, -0.2) is 36.5 Å². The van der Waals surface area contributed by atoms with Gasteiger partial charge in [0, 0.05) is 18.3 Å². The first-order chi connectivity index (χ1) is 10.9. The molecule has 8 heteroatoms. The average molecular weight is 335 g/mol. The van der Waals surface area contributed by atoms with Gasteiger partial charge in [0.2, 0.25) is 0 Å². The first kappa shape index (κ1) is 15.5. The van der Waals surface area contributed by atoms with Crippen molar-refractivity contribution in [1.82, 2.24) is 9.73 Å². The molecule has 1 heterocycles. The second-order valence-corrected chi connectivity index (χ2v) is 7.43. The number of amides is 1. The summed E-state index contributed by atoms with van der Waals surface area (Å²) in [5.74, 6) is -1.12. The summed E-state index contributed by atoms with van der Waals surface area (Å²) in [5.41, 5.74) is 3.01. The van der Waals surface area contributed by atoms with Crippen LogP contribution in [0, 0.1) is 0 Å². The third-order valence-corrected chi connectivity index (χ3v) is 5.85. The summed E-state index contributed by atoms with van der Waals surface area (Å²) in [7, 11) is -2.64. The Kier molecular flexibility index (Phi) is 3.85. The molecule has 1 aliphatic carbocycles. The van der Waals surface area contributed by atoms with Crippen LogP contribution in [0.4, 0.5) is 0 Å². The summed E-state index contributed by atoms with van der Waals surface area (Å²) in [4.78, 5) is 12.3. The Labute approximate surface area is 134 Å². The number of likely N-dealkylation sites (N-methyl/N-ethyl adjacent to an activating group) is 1. The zero-order valence-electron chi connectivity index (χ0n) is 12.6. The number of carbonyl (C=O) groups is 1. The van der Waals surface area contributed by atoms with Gasteiger partial charge in [0.05, 0.1) is 4.90 Å². The molecular weight excluding hydrogens is 318 g/mol. The number of sulfonamides is 1. The van der Waals surface area contributed by atoms with Gasteiger partial charge in [-0.1, -0.05) is 12.1 Å². The van der Waals surface area contributed by atoms with Crippen molar-refractivity contribution in [3.8, 4) is 0 Å². The fraction of sp³-hybridized carbons (Fsp3) is 0.333. The lowest BCUT2D eigenvalue weighted by atomic mass is 10.1. The van der Waals surface area contributed by atoms with Crippen molar-refractivity contribution in [2.75, 3.05) is 7.05 Å². The van der Waals surface area contributed by atoms with Gasteiger partial charge >= 0.3 is 0 Å². The summed E-state index contributed by atoms with van der Waals surface area (Å²) in [6, 6.07) is 6.02. The Morgan fingerprint density at radius 1 is 1.26 bits per heavy atom. The van der Waals surface area contributed by atoms with Gasteiger partial charge < -0.3 is 5.11 Å². The van der Waals surface area contributed by atoms with E-state index in [0.717, 1.165) is 35.7 Å². The van der Waals surface area contributed by atoms with Crippen LogP contribution >= 0.6 is 0 Å². The van der Waals surface area contributed by atoms with Crippen LogP contribution in [0.25, 0.3) is 5.76 Å². The van der Waals surface area contributed by atoms with Gasteiger partial charge in [-0.25, -0.2) is 13.8 Å². The van der Waals surface area contributed by atoms with Crippen molar-refractivity contribution in [3.63, 3.8) is 0 Å². The molecule has 122 valence electrons. The lowest BCUT2D eigenvalue weighted by molar-refractivity contribution is -0.118. The molecule has 0 unspecified atom stereocenters. The van der Waals surface area contributed by atoms with Crippen LogP contribution < -0.4 is 5.43 Å². The number of rotatable bonds is 2. The Morgan fingerprint density at radius 2 is 1.91 bits per heavy atom. The maximum atomic E-state index is 12.5. The van der Waals surface area contributed by atoms with E-state index in [1.54, 1.807) is 12.1 Å². The van der Waals surface area contributed by atoms with Gasteiger partial charge in [-0.3, -0.25) is 9.10 Å². The van der Waals surface area contributed by atoms with Crippen molar-refractivity contribution >= 4 is 27.4 Å². The Bertz CT molecular complexity index is 819. The first-order valence-corrected chi connectivity index (χ1v) is 8.74. The van der Waals surface area contributed by atoms with Crippen LogP contribution in [0.3, 0.4) is 0 Å². The highest BCUT2D eigenvalue weighted by Gasteiger charge is 2.37. The number of aliphatic hydroxyl groups excluding tert-OH is 1. The molecule has 0 saturated heterocycles. The summed E-state index contributed by atoms with van der Waals surface area (Å²) < 4.78 is 25.8. The van der Waals surface area contributed by atoms with Crippen molar-refractivity contribution in [2.24, 2.45) is 5.10 Å². The standard InChI is InChI=1S/C15H17N3O4S/c1-18-13(15(20)17-16-10-6-2-3-7-10)14(19)11-8-4-5-9-12(11)23(18,21)22/h4-5,8-9,19H,2-3,6-7H2,1H3,(H,17,20). The second-order valence-electron chi connectivity index (χ2n) is 5.49. The number of nitrogens with one attached hydrogen (secondary N) is 1. The molecule has 1 aromatic carbocycles. The third kappa shape index (κ3) is 2.59. The molecule has 0 bridgehead atoms. The second kappa shape index (κ2) is 5.69. The Balaban J connectivity index is 2.00. The van der Waals surface area contributed by atoms with E-state index < -0.39 is 15.9 Å². The van der Waals surface area contributed by atoms with Gasteiger partial charge in [0.15, 0.2) is 11.5 Å². The molecular formula is C15H17N3O4S. The largest absolute Gasteiger partial charge is 0.505 e. The highest BCUT2D eigenvalue weighted by atomic mass is 32.2. The Morgan fingerprint density at radius 3 is 2.61 bits per heavy atom. The van der Waals surface area contributed by atoms with Crippen molar-refractivity contribution in [3.05, 3.63) is 35.5 Å². The summed E-state index contributed by atoms with van der Waals surface area (Å²) in [6.45, 7) is 0. The van der Waals surface area contributed by atoms with Crippen LogP contribution in [-0.2, 0) is 14.8 Å². The number of carbonyl (C=O) groups excluding carboxylic acids is 1. The molecule has 7 nitrogen and oxygen atoms in total. The van der Waals surface area contributed by atoms with E-state index in [1.807, 2.05) is 0 Å². The van der Waals surface area contributed by atoms with Gasteiger partial charge in [-0.05, 0) is 37.8 Å². The SMILES string of the molecule is CN1C(C(=O)NN=C2CCCC2)=C(O)c2ccccc2S1(=O)=O. The molecule has 2 N–H and O–H groups in total. The highest BCUT2D eigenvalue weighted by molar-refractivity contribution is 7.89. The van der Waals surface area contributed by atoms with E-state index in [2.05, 4.69) is 10.5 Å². The molecule has 0 spiro atoms. The van der Waals surface area contributed by atoms with Crippen molar-refractivity contribution < 1.29 is 18.3 Å². The van der Waals surface area contributed by atoms with Crippen LogP contribution in [0.15, 0.2) is 40.0 Å². The van der Waals surface area contributed by atoms with Gasteiger partial charge in [0.1, 0.15) is 0 Å². The maximum Gasteiger partial charge on any atom is 0.292 e. The first-order valence-electron chi connectivity index (χ1n) is 7.30. The molecule has 1 fully saturated rings. The summed E-state index contributed by atoms with van der Waals surface area (Å²) in [5, 5.41) is 14.4.